The fraction of sp³-hybridized carbons (Fsp3) is 0.933. The monoisotopic (exact) mass is 268 g/mol. The smallest absolute Gasteiger partial charge is 0.320 e. The van der Waals surface area contributed by atoms with Crippen molar-refractivity contribution in [1.29, 1.82) is 0 Å². The average molecular weight is 268 g/mol. The lowest BCUT2D eigenvalue weighted by Gasteiger charge is -2.44. The first-order valence-corrected chi connectivity index (χ1v) is 7.92. The Balaban J connectivity index is 1.84. The number of likely N-dealkylation sites (tertiary alicyclic amines) is 1. The van der Waals surface area contributed by atoms with Crippen LogP contribution in [0.3, 0.4) is 0 Å². The molecule has 0 aromatic rings. The van der Waals surface area contributed by atoms with E-state index in [2.05, 4.69) is 10.2 Å². The van der Waals surface area contributed by atoms with Crippen molar-refractivity contribution in [3.8, 4) is 0 Å². The van der Waals surface area contributed by atoms with E-state index in [1.165, 1.54) is 45.1 Å². The third-order valence-electron chi connectivity index (χ3n) is 4.81. The fourth-order valence-corrected chi connectivity index (χ4v) is 3.86. The van der Waals surface area contributed by atoms with Crippen molar-refractivity contribution < 1.29 is 9.90 Å². The molecule has 0 radical (unpaired) electrons. The topological polar surface area (TPSA) is 52.6 Å². The first-order chi connectivity index (χ1) is 9.22. The Hall–Kier alpha value is -0.610. The normalized spacial score (nSPS) is 29.7. The van der Waals surface area contributed by atoms with Gasteiger partial charge in [0.15, 0.2) is 0 Å². The van der Waals surface area contributed by atoms with Gasteiger partial charge < -0.3 is 15.3 Å². The van der Waals surface area contributed by atoms with Crippen LogP contribution in [0.5, 0.6) is 0 Å². The van der Waals surface area contributed by atoms with E-state index in [0.29, 0.717) is 0 Å². The molecule has 2 aliphatic rings. The molecular formula is C15H28N2O2. The standard InChI is InChI=1S/C15H28N2O2/c1-2-16-13(15(18)19)9-11-17-10-5-7-12-6-3-4-8-14(12)17/h12-14,16H,2-11H2,1H3,(H,18,19)/t12-,13?,14-/m1/s1. The lowest BCUT2D eigenvalue weighted by Crippen LogP contribution is -2.49. The molecule has 1 saturated heterocycles. The molecule has 1 aliphatic heterocycles. The molecule has 1 saturated carbocycles. The van der Waals surface area contributed by atoms with Crippen LogP contribution < -0.4 is 5.32 Å². The van der Waals surface area contributed by atoms with Crippen molar-refractivity contribution >= 4 is 5.97 Å². The van der Waals surface area contributed by atoms with Gasteiger partial charge in [-0.05, 0) is 51.1 Å². The van der Waals surface area contributed by atoms with Crippen molar-refractivity contribution in [2.75, 3.05) is 19.6 Å². The van der Waals surface area contributed by atoms with E-state index in [1.807, 2.05) is 6.92 Å². The molecule has 2 rings (SSSR count). The molecule has 3 atom stereocenters. The highest BCUT2D eigenvalue weighted by atomic mass is 16.4. The number of aliphatic carboxylic acids is 1. The van der Waals surface area contributed by atoms with E-state index >= 15 is 0 Å². The maximum absolute atomic E-state index is 11.2. The Morgan fingerprint density at radius 1 is 1.32 bits per heavy atom. The van der Waals surface area contributed by atoms with Gasteiger partial charge in [-0.25, -0.2) is 0 Å². The van der Waals surface area contributed by atoms with Crippen LogP contribution in [-0.4, -0.2) is 47.7 Å². The molecular weight excluding hydrogens is 240 g/mol. The number of rotatable bonds is 6. The second-order valence-corrected chi connectivity index (χ2v) is 6.03. The predicted molar refractivity (Wildman–Crippen MR) is 76.3 cm³/mol. The lowest BCUT2D eigenvalue weighted by molar-refractivity contribution is -0.139. The lowest BCUT2D eigenvalue weighted by atomic mass is 9.78. The first kappa shape index (κ1) is 14.8. The largest absolute Gasteiger partial charge is 0.480 e. The van der Waals surface area contributed by atoms with E-state index in [1.54, 1.807) is 0 Å². The van der Waals surface area contributed by atoms with Gasteiger partial charge in [0, 0.05) is 12.6 Å². The molecule has 4 heteroatoms. The Kier molecular flexibility index (Phi) is 5.64. The minimum Gasteiger partial charge on any atom is -0.480 e. The number of fused-ring (bicyclic) bond motifs is 1. The Bertz CT molecular complexity index is 294. The zero-order valence-corrected chi connectivity index (χ0v) is 12.1. The van der Waals surface area contributed by atoms with Gasteiger partial charge >= 0.3 is 5.97 Å². The van der Waals surface area contributed by atoms with Gasteiger partial charge in [-0.1, -0.05) is 19.8 Å². The maximum Gasteiger partial charge on any atom is 0.320 e. The Morgan fingerprint density at radius 2 is 2.05 bits per heavy atom. The number of piperidine rings is 1. The fourth-order valence-electron chi connectivity index (χ4n) is 3.86. The van der Waals surface area contributed by atoms with Gasteiger partial charge in [0.1, 0.15) is 6.04 Å². The molecule has 2 N–H and O–H groups in total. The number of hydrogen-bond acceptors (Lipinski definition) is 3. The van der Waals surface area contributed by atoms with Gasteiger partial charge in [-0.15, -0.1) is 0 Å². The second kappa shape index (κ2) is 7.25. The summed E-state index contributed by atoms with van der Waals surface area (Å²) in [5.41, 5.74) is 0. The van der Waals surface area contributed by atoms with Crippen LogP contribution in [0.1, 0.15) is 51.9 Å². The van der Waals surface area contributed by atoms with E-state index < -0.39 is 5.97 Å². The quantitative estimate of drug-likeness (QED) is 0.774. The zero-order valence-electron chi connectivity index (χ0n) is 12.1. The SMILES string of the molecule is CCNC(CCN1CCC[C@H]2CCCC[C@H]21)C(=O)O. The minimum absolute atomic E-state index is 0.381. The molecule has 110 valence electrons. The Labute approximate surface area is 116 Å². The van der Waals surface area contributed by atoms with Crippen LogP contribution in [-0.2, 0) is 4.79 Å². The number of carboxylic acid groups (broad SMARTS) is 1. The van der Waals surface area contributed by atoms with Crippen LogP contribution >= 0.6 is 0 Å². The molecule has 19 heavy (non-hydrogen) atoms. The summed E-state index contributed by atoms with van der Waals surface area (Å²) in [6, 6.07) is 0.354. The van der Waals surface area contributed by atoms with Crippen molar-refractivity contribution in [3.63, 3.8) is 0 Å². The van der Waals surface area contributed by atoms with Gasteiger partial charge in [0.05, 0.1) is 0 Å². The molecule has 0 spiro atoms. The third-order valence-corrected chi connectivity index (χ3v) is 4.81. The molecule has 1 aliphatic carbocycles. The number of hydrogen-bond donors (Lipinski definition) is 2. The summed E-state index contributed by atoms with van der Waals surface area (Å²) in [5.74, 6) is 0.170. The number of nitrogens with one attached hydrogen (secondary N) is 1. The minimum atomic E-state index is -0.709. The van der Waals surface area contributed by atoms with Gasteiger partial charge in [0.2, 0.25) is 0 Å². The van der Waals surface area contributed by atoms with E-state index in [9.17, 15) is 9.90 Å². The van der Waals surface area contributed by atoms with E-state index in [-0.39, 0.29) is 6.04 Å². The van der Waals surface area contributed by atoms with Crippen LogP contribution in [0, 0.1) is 5.92 Å². The Morgan fingerprint density at radius 3 is 2.79 bits per heavy atom. The highest BCUT2D eigenvalue weighted by Crippen LogP contribution is 2.35. The second-order valence-electron chi connectivity index (χ2n) is 6.03. The molecule has 0 bridgehead atoms. The van der Waals surface area contributed by atoms with E-state index in [4.69, 9.17) is 0 Å². The number of carboxylic acids is 1. The summed E-state index contributed by atoms with van der Waals surface area (Å²) < 4.78 is 0. The molecule has 0 aromatic heterocycles. The summed E-state index contributed by atoms with van der Waals surface area (Å²) in [7, 11) is 0. The maximum atomic E-state index is 11.2. The van der Waals surface area contributed by atoms with Gasteiger partial charge in [-0.3, -0.25) is 4.79 Å². The molecule has 0 amide bonds. The van der Waals surface area contributed by atoms with Crippen LogP contribution in [0.25, 0.3) is 0 Å². The van der Waals surface area contributed by atoms with Crippen LogP contribution in [0.15, 0.2) is 0 Å². The zero-order chi connectivity index (χ0) is 13.7. The molecule has 2 fully saturated rings. The molecule has 0 aromatic carbocycles. The van der Waals surface area contributed by atoms with Gasteiger partial charge in [0.25, 0.3) is 0 Å². The molecule has 1 unspecified atom stereocenters. The highest BCUT2D eigenvalue weighted by Gasteiger charge is 2.33. The van der Waals surface area contributed by atoms with Gasteiger partial charge in [-0.2, -0.15) is 0 Å². The van der Waals surface area contributed by atoms with Crippen molar-refractivity contribution in [1.82, 2.24) is 10.2 Å². The van der Waals surface area contributed by atoms with E-state index in [0.717, 1.165) is 31.5 Å². The summed E-state index contributed by atoms with van der Waals surface area (Å²) in [6.45, 7) is 4.79. The number of carbonyl (C=O) groups is 1. The van der Waals surface area contributed by atoms with Crippen LogP contribution in [0.2, 0.25) is 0 Å². The highest BCUT2D eigenvalue weighted by molar-refractivity contribution is 5.73. The molecule has 1 heterocycles. The summed E-state index contributed by atoms with van der Waals surface area (Å²) in [4.78, 5) is 13.7. The summed E-state index contributed by atoms with van der Waals surface area (Å²) in [5, 5.41) is 12.3. The third kappa shape index (κ3) is 3.93. The predicted octanol–water partition coefficient (Wildman–Crippen LogP) is 2.09. The van der Waals surface area contributed by atoms with Crippen molar-refractivity contribution in [2.24, 2.45) is 5.92 Å². The van der Waals surface area contributed by atoms with Crippen molar-refractivity contribution in [3.05, 3.63) is 0 Å². The first-order valence-electron chi connectivity index (χ1n) is 7.92. The average Bonchev–Trinajstić information content (AvgIpc) is 2.43. The van der Waals surface area contributed by atoms with Crippen LogP contribution in [0.4, 0.5) is 0 Å². The molecule has 4 nitrogen and oxygen atoms in total. The van der Waals surface area contributed by atoms with Crippen molar-refractivity contribution in [2.45, 2.75) is 64.0 Å². The number of nitrogens with zero attached hydrogens (tertiary/aromatic N) is 1. The summed E-state index contributed by atoms with van der Waals surface area (Å²) >= 11 is 0. The summed E-state index contributed by atoms with van der Waals surface area (Å²) in [6.07, 6.45) is 8.86. The number of likely N-dealkylation sites (N-methyl/N-ethyl adjacent to an activating group) is 1.